The van der Waals surface area contributed by atoms with E-state index in [0.29, 0.717) is 44.4 Å². The zero-order valence-electron chi connectivity index (χ0n) is 18.4. The van der Waals surface area contributed by atoms with Crippen molar-refractivity contribution < 1.29 is 19.4 Å². The molecule has 2 saturated carbocycles. The van der Waals surface area contributed by atoms with Gasteiger partial charge in [-0.3, -0.25) is 14.5 Å². The lowest BCUT2D eigenvalue weighted by atomic mass is 9.50. The van der Waals surface area contributed by atoms with Crippen LogP contribution in [0.15, 0.2) is 23.3 Å². The molecule has 0 spiro atoms. The van der Waals surface area contributed by atoms with Crippen molar-refractivity contribution in [3.05, 3.63) is 23.3 Å². The Morgan fingerprint density at radius 3 is 2.73 bits per heavy atom. The Bertz CT molecular complexity index is 825. The summed E-state index contributed by atoms with van der Waals surface area (Å²) in [5.74, 6) is 1.03. The van der Waals surface area contributed by atoms with E-state index in [-0.39, 0.29) is 17.0 Å². The highest BCUT2D eigenvalue weighted by Gasteiger charge is 2.64. The predicted octanol–water partition coefficient (Wildman–Crippen LogP) is 3.07. The summed E-state index contributed by atoms with van der Waals surface area (Å²) in [6.07, 6.45) is 10.0. The van der Waals surface area contributed by atoms with E-state index in [1.54, 1.807) is 0 Å². The smallest absolute Gasteiger partial charge is 0.178 e. The maximum absolute atomic E-state index is 13.4. The maximum atomic E-state index is 13.4. The molecule has 5 nitrogen and oxygen atoms in total. The van der Waals surface area contributed by atoms with Crippen LogP contribution < -0.4 is 0 Å². The summed E-state index contributed by atoms with van der Waals surface area (Å²) in [4.78, 5) is 27.5. The van der Waals surface area contributed by atoms with Crippen molar-refractivity contribution in [2.45, 2.75) is 64.4 Å². The van der Waals surface area contributed by atoms with Gasteiger partial charge in [-0.05, 0) is 56.4 Å². The number of rotatable bonds is 3. The third-order valence-electron chi connectivity index (χ3n) is 9.42. The Labute approximate surface area is 179 Å². The lowest BCUT2D eigenvalue weighted by Gasteiger charge is -2.54. The van der Waals surface area contributed by atoms with Gasteiger partial charge in [0.15, 0.2) is 11.6 Å². The van der Waals surface area contributed by atoms with Crippen LogP contribution in [0.1, 0.15) is 58.8 Å². The SMILES string of the molecule is C[C@]12CCC(=O)C=C1CC[C@@H]1C2=CC[C@@]2(C)[C@H]1CC[C@]2(O)C(=O)CN1CCOCC1. The Balaban J connectivity index is 1.43. The van der Waals surface area contributed by atoms with E-state index in [0.717, 1.165) is 45.2 Å². The van der Waals surface area contributed by atoms with E-state index in [1.165, 1.54) is 11.1 Å². The van der Waals surface area contributed by atoms with Crippen LogP contribution in [0.25, 0.3) is 0 Å². The van der Waals surface area contributed by atoms with Crippen LogP contribution in [0.5, 0.6) is 0 Å². The van der Waals surface area contributed by atoms with Crippen LogP contribution in [-0.2, 0) is 14.3 Å². The van der Waals surface area contributed by atoms with Gasteiger partial charge in [0.25, 0.3) is 0 Å². The Morgan fingerprint density at radius 1 is 1.20 bits per heavy atom. The number of allylic oxidation sites excluding steroid dienone is 4. The van der Waals surface area contributed by atoms with Crippen molar-refractivity contribution in [3.8, 4) is 0 Å². The number of fused-ring (bicyclic) bond motifs is 5. The van der Waals surface area contributed by atoms with E-state index >= 15 is 0 Å². The molecule has 5 rings (SSSR count). The summed E-state index contributed by atoms with van der Waals surface area (Å²) in [6.45, 7) is 7.66. The van der Waals surface area contributed by atoms with Gasteiger partial charge in [-0.2, -0.15) is 0 Å². The molecule has 0 aromatic heterocycles. The topological polar surface area (TPSA) is 66.8 Å². The number of ketones is 2. The van der Waals surface area contributed by atoms with Gasteiger partial charge in [-0.25, -0.2) is 0 Å². The lowest BCUT2D eigenvalue weighted by Crippen LogP contribution is -2.57. The third kappa shape index (κ3) is 2.85. The highest BCUT2D eigenvalue weighted by atomic mass is 16.5. The molecule has 3 fully saturated rings. The van der Waals surface area contributed by atoms with Gasteiger partial charge in [-0.15, -0.1) is 0 Å². The van der Waals surface area contributed by atoms with Crippen molar-refractivity contribution in [2.75, 3.05) is 32.8 Å². The monoisotopic (exact) mass is 413 g/mol. The van der Waals surface area contributed by atoms with Gasteiger partial charge in [0.1, 0.15) is 5.60 Å². The molecule has 5 atom stereocenters. The number of hydrogen-bond donors (Lipinski definition) is 1. The van der Waals surface area contributed by atoms with Crippen LogP contribution >= 0.6 is 0 Å². The molecule has 1 N–H and O–H groups in total. The van der Waals surface area contributed by atoms with E-state index in [1.807, 2.05) is 6.08 Å². The molecule has 1 aliphatic heterocycles. The Morgan fingerprint density at radius 2 is 1.97 bits per heavy atom. The highest BCUT2D eigenvalue weighted by Crippen LogP contribution is 2.65. The third-order valence-corrected chi connectivity index (χ3v) is 9.42. The average molecular weight is 414 g/mol. The second kappa shape index (κ2) is 7.11. The van der Waals surface area contributed by atoms with Crippen LogP contribution in [-0.4, -0.2) is 60.0 Å². The molecule has 0 radical (unpaired) electrons. The molecule has 164 valence electrons. The quantitative estimate of drug-likeness (QED) is 0.721. The zero-order valence-corrected chi connectivity index (χ0v) is 18.4. The van der Waals surface area contributed by atoms with Gasteiger partial charge < -0.3 is 9.84 Å². The normalized spacial score (nSPS) is 43.9. The number of Topliss-reactive ketones (excluding diaryl/α,β-unsaturated/α-hetero) is 1. The first-order valence-electron chi connectivity index (χ1n) is 11.8. The second-order valence-electron chi connectivity index (χ2n) is 10.7. The molecule has 0 aromatic rings. The predicted molar refractivity (Wildman–Crippen MR) is 114 cm³/mol. The second-order valence-corrected chi connectivity index (χ2v) is 10.7. The number of nitrogens with zero attached hydrogens (tertiary/aromatic N) is 1. The van der Waals surface area contributed by atoms with Crippen molar-refractivity contribution in [1.29, 1.82) is 0 Å². The van der Waals surface area contributed by atoms with Gasteiger partial charge in [0, 0.05) is 30.3 Å². The van der Waals surface area contributed by atoms with Gasteiger partial charge in [0.2, 0.25) is 0 Å². The van der Waals surface area contributed by atoms with Gasteiger partial charge in [-0.1, -0.05) is 31.1 Å². The summed E-state index contributed by atoms with van der Waals surface area (Å²) in [6, 6.07) is 0. The van der Waals surface area contributed by atoms with Crippen LogP contribution in [0.3, 0.4) is 0 Å². The fourth-order valence-electron chi connectivity index (χ4n) is 7.42. The van der Waals surface area contributed by atoms with Crippen molar-refractivity contribution in [3.63, 3.8) is 0 Å². The standard InChI is InChI=1S/C25H35NO4/c1-23-8-5-18(27)15-17(23)3-4-19-20(23)6-9-24(2)21(19)7-10-25(24,29)22(28)16-26-11-13-30-14-12-26/h6,15,19,21,29H,3-5,7-14,16H2,1-2H3/t19-,21+,23+,24+,25+/m1/s1. The first-order valence-corrected chi connectivity index (χ1v) is 11.8. The molecule has 0 amide bonds. The van der Waals surface area contributed by atoms with E-state index in [4.69, 9.17) is 4.74 Å². The Hall–Kier alpha value is -1.30. The summed E-state index contributed by atoms with van der Waals surface area (Å²) >= 11 is 0. The lowest BCUT2D eigenvalue weighted by molar-refractivity contribution is -0.154. The number of morpholine rings is 1. The highest BCUT2D eigenvalue weighted by molar-refractivity contribution is 5.92. The molecular weight excluding hydrogens is 378 g/mol. The molecule has 0 aromatic carbocycles. The molecule has 1 saturated heterocycles. The van der Waals surface area contributed by atoms with Gasteiger partial charge >= 0.3 is 0 Å². The van der Waals surface area contributed by atoms with Gasteiger partial charge in [0.05, 0.1) is 19.8 Å². The zero-order chi connectivity index (χ0) is 21.1. The largest absolute Gasteiger partial charge is 0.381 e. The molecule has 30 heavy (non-hydrogen) atoms. The average Bonchev–Trinajstić information content (AvgIpc) is 3.01. The molecular formula is C25H35NO4. The fraction of sp³-hybridized carbons (Fsp3) is 0.760. The maximum Gasteiger partial charge on any atom is 0.178 e. The van der Waals surface area contributed by atoms with E-state index in [9.17, 15) is 14.7 Å². The van der Waals surface area contributed by atoms with Crippen molar-refractivity contribution >= 4 is 11.6 Å². The van der Waals surface area contributed by atoms with E-state index < -0.39 is 11.0 Å². The fourth-order valence-corrected chi connectivity index (χ4v) is 7.42. The first-order chi connectivity index (χ1) is 14.3. The molecule has 4 aliphatic carbocycles. The Kier molecular flexibility index (Phi) is 4.88. The summed E-state index contributed by atoms with van der Waals surface area (Å²) in [5, 5.41) is 11.8. The summed E-state index contributed by atoms with van der Waals surface area (Å²) < 4.78 is 5.41. The number of carbonyl (C=O) groups is 2. The minimum Gasteiger partial charge on any atom is -0.381 e. The molecule has 5 heteroatoms. The summed E-state index contributed by atoms with van der Waals surface area (Å²) in [5.41, 5.74) is 1.15. The minimum atomic E-state index is -1.24. The van der Waals surface area contributed by atoms with Crippen LogP contribution in [0.4, 0.5) is 0 Å². The molecule has 0 bridgehead atoms. The minimum absolute atomic E-state index is 0.00267. The van der Waals surface area contributed by atoms with Crippen LogP contribution in [0.2, 0.25) is 0 Å². The summed E-state index contributed by atoms with van der Waals surface area (Å²) in [7, 11) is 0. The number of aliphatic hydroxyl groups is 1. The van der Waals surface area contributed by atoms with E-state index in [2.05, 4.69) is 24.8 Å². The number of carbonyl (C=O) groups excluding carboxylic acids is 2. The molecule has 1 heterocycles. The number of ether oxygens (including phenoxy) is 1. The van der Waals surface area contributed by atoms with Crippen molar-refractivity contribution in [2.24, 2.45) is 22.7 Å². The van der Waals surface area contributed by atoms with Crippen molar-refractivity contribution in [1.82, 2.24) is 4.90 Å². The molecule has 0 unspecified atom stereocenters. The van der Waals surface area contributed by atoms with Crippen LogP contribution in [0, 0.1) is 22.7 Å². The molecule has 5 aliphatic rings. The first kappa shape index (κ1) is 20.6. The number of hydrogen-bond acceptors (Lipinski definition) is 5.